The molecule has 0 saturated heterocycles. The van der Waals surface area contributed by atoms with E-state index >= 15 is 0 Å². The van der Waals surface area contributed by atoms with Crippen molar-refractivity contribution >= 4 is 5.91 Å². The van der Waals surface area contributed by atoms with Crippen molar-refractivity contribution in [3.8, 4) is 0 Å². The largest absolute Gasteiger partial charge is 0.354 e. The van der Waals surface area contributed by atoms with Gasteiger partial charge in [-0.05, 0) is 43.4 Å². The summed E-state index contributed by atoms with van der Waals surface area (Å²) >= 11 is 0. The summed E-state index contributed by atoms with van der Waals surface area (Å²) in [6, 6.07) is 8.38. The van der Waals surface area contributed by atoms with Crippen LogP contribution in [0.2, 0.25) is 0 Å². The molecule has 1 aromatic rings. The van der Waals surface area contributed by atoms with Crippen molar-refractivity contribution in [3.05, 3.63) is 35.4 Å². The van der Waals surface area contributed by atoms with Crippen molar-refractivity contribution in [3.63, 3.8) is 0 Å². The first-order valence-corrected chi connectivity index (χ1v) is 7.52. The van der Waals surface area contributed by atoms with E-state index in [1.165, 1.54) is 24.0 Å². The van der Waals surface area contributed by atoms with Crippen LogP contribution in [0.25, 0.3) is 0 Å². The van der Waals surface area contributed by atoms with Gasteiger partial charge >= 0.3 is 0 Å². The highest BCUT2D eigenvalue weighted by Crippen LogP contribution is 2.27. The molecule has 1 aromatic carbocycles. The predicted octanol–water partition coefficient (Wildman–Crippen LogP) is 2.39. The van der Waals surface area contributed by atoms with Gasteiger partial charge in [0.05, 0.1) is 6.54 Å². The van der Waals surface area contributed by atoms with Gasteiger partial charge in [-0.25, -0.2) is 0 Å². The molecule has 2 rings (SSSR count). The van der Waals surface area contributed by atoms with Gasteiger partial charge in [-0.2, -0.15) is 0 Å². The Balaban J connectivity index is 1.79. The molecule has 1 aliphatic rings. The smallest absolute Gasteiger partial charge is 0.233 e. The molecule has 2 N–H and O–H groups in total. The number of carbonyl (C=O) groups is 1. The molecule has 0 unspecified atom stereocenters. The molecule has 1 amide bonds. The van der Waals surface area contributed by atoms with E-state index in [1.54, 1.807) is 0 Å². The maximum Gasteiger partial charge on any atom is 0.233 e. The van der Waals surface area contributed by atoms with E-state index < -0.39 is 0 Å². The molecular weight excluding hydrogens is 248 g/mol. The van der Waals surface area contributed by atoms with Crippen LogP contribution in [0, 0.1) is 12.8 Å². The normalized spacial score (nSPS) is 15.2. The molecule has 0 heterocycles. The third-order valence-corrected chi connectivity index (χ3v) is 4.02. The van der Waals surface area contributed by atoms with Crippen LogP contribution >= 0.6 is 0 Å². The Kier molecular flexibility index (Phi) is 4.81. The summed E-state index contributed by atoms with van der Waals surface area (Å²) in [5.41, 5.74) is 2.53. The Morgan fingerprint density at radius 1 is 1.30 bits per heavy atom. The quantitative estimate of drug-likeness (QED) is 0.801. The second-order valence-electron chi connectivity index (χ2n) is 6.55. The minimum atomic E-state index is -0.0442. The summed E-state index contributed by atoms with van der Waals surface area (Å²) in [5, 5.41) is 6.26. The van der Waals surface area contributed by atoms with E-state index in [-0.39, 0.29) is 11.3 Å². The third kappa shape index (κ3) is 4.34. The molecule has 1 saturated carbocycles. The van der Waals surface area contributed by atoms with Gasteiger partial charge in [-0.3, -0.25) is 4.79 Å². The van der Waals surface area contributed by atoms with Crippen LogP contribution < -0.4 is 10.6 Å². The minimum Gasteiger partial charge on any atom is -0.354 e. The van der Waals surface area contributed by atoms with Gasteiger partial charge in [0.1, 0.15) is 0 Å². The highest BCUT2D eigenvalue weighted by atomic mass is 16.1. The standard InChI is InChI=1S/C17H26N2O/c1-13-6-4-5-7-15(13)17(2,3)12-19-16(20)11-18-10-14-8-9-14/h4-7,14,18H,8-12H2,1-3H3,(H,19,20). The van der Waals surface area contributed by atoms with Crippen molar-refractivity contribution in [2.45, 2.75) is 39.0 Å². The molecule has 0 aliphatic heterocycles. The molecule has 0 radical (unpaired) electrons. The number of hydrogen-bond donors (Lipinski definition) is 2. The van der Waals surface area contributed by atoms with Gasteiger partial charge in [0.2, 0.25) is 5.91 Å². The highest BCUT2D eigenvalue weighted by molar-refractivity contribution is 5.78. The van der Waals surface area contributed by atoms with Crippen LogP contribution in [0.4, 0.5) is 0 Å². The maximum atomic E-state index is 11.8. The zero-order chi connectivity index (χ0) is 14.6. The van der Waals surface area contributed by atoms with Crippen LogP contribution in [-0.4, -0.2) is 25.5 Å². The SMILES string of the molecule is Cc1ccccc1C(C)(C)CNC(=O)CNCC1CC1. The Morgan fingerprint density at radius 2 is 2.00 bits per heavy atom. The van der Waals surface area contributed by atoms with Crippen LogP contribution in [0.15, 0.2) is 24.3 Å². The summed E-state index contributed by atoms with van der Waals surface area (Å²) < 4.78 is 0. The molecule has 1 aliphatic carbocycles. The van der Waals surface area contributed by atoms with E-state index in [0.717, 1.165) is 12.5 Å². The molecule has 3 nitrogen and oxygen atoms in total. The molecule has 0 spiro atoms. The molecule has 0 atom stereocenters. The lowest BCUT2D eigenvalue weighted by Crippen LogP contribution is -2.41. The van der Waals surface area contributed by atoms with Crippen molar-refractivity contribution in [1.82, 2.24) is 10.6 Å². The first kappa shape index (κ1) is 15.0. The molecular formula is C17H26N2O. The van der Waals surface area contributed by atoms with E-state index in [9.17, 15) is 4.79 Å². The monoisotopic (exact) mass is 274 g/mol. The number of aryl methyl sites for hydroxylation is 1. The minimum absolute atomic E-state index is 0.0442. The summed E-state index contributed by atoms with van der Waals surface area (Å²) in [6.45, 7) is 8.55. The lowest BCUT2D eigenvalue weighted by atomic mass is 9.82. The van der Waals surface area contributed by atoms with E-state index in [0.29, 0.717) is 13.1 Å². The number of hydrogen-bond acceptors (Lipinski definition) is 2. The van der Waals surface area contributed by atoms with Crippen molar-refractivity contribution in [2.75, 3.05) is 19.6 Å². The second-order valence-corrected chi connectivity index (χ2v) is 6.55. The highest BCUT2D eigenvalue weighted by Gasteiger charge is 2.23. The van der Waals surface area contributed by atoms with Crippen molar-refractivity contribution < 1.29 is 4.79 Å². The van der Waals surface area contributed by atoms with E-state index in [4.69, 9.17) is 0 Å². The van der Waals surface area contributed by atoms with Gasteiger partial charge in [0, 0.05) is 12.0 Å². The van der Waals surface area contributed by atoms with Crippen LogP contribution in [0.3, 0.4) is 0 Å². The fourth-order valence-electron chi connectivity index (χ4n) is 2.52. The lowest BCUT2D eigenvalue weighted by molar-refractivity contribution is -0.120. The van der Waals surface area contributed by atoms with Crippen LogP contribution in [0.5, 0.6) is 0 Å². The Labute approximate surface area is 122 Å². The average Bonchev–Trinajstić information content (AvgIpc) is 3.21. The van der Waals surface area contributed by atoms with E-state index in [1.807, 2.05) is 0 Å². The summed E-state index contributed by atoms with van der Waals surface area (Å²) in [5.74, 6) is 0.901. The third-order valence-electron chi connectivity index (χ3n) is 4.02. The van der Waals surface area contributed by atoms with Crippen molar-refractivity contribution in [1.29, 1.82) is 0 Å². The lowest BCUT2D eigenvalue weighted by Gasteiger charge is -2.27. The van der Waals surface area contributed by atoms with Gasteiger partial charge < -0.3 is 10.6 Å². The molecule has 3 heteroatoms. The number of benzene rings is 1. The number of carbonyl (C=O) groups excluding carboxylic acids is 1. The second kappa shape index (κ2) is 6.40. The summed E-state index contributed by atoms with van der Waals surface area (Å²) in [6.07, 6.45) is 2.63. The molecule has 1 fully saturated rings. The zero-order valence-electron chi connectivity index (χ0n) is 12.8. The molecule has 20 heavy (non-hydrogen) atoms. The van der Waals surface area contributed by atoms with Gasteiger partial charge in [0.25, 0.3) is 0 Å². The summed E-state index contributed by atoms with van der Waals surface area (Å²) in [7, 11) is 0. The molecule has 0 bridgehead atoms. The van der Waals surface area contributed by atoms with Crippen LogP contribution in [0.1, 0.15) is 37.8 Å². The number of nitrogens with one attached hydrogen (secondary N) is 2. The Morgan fingerprint density at radius 3 is 2.65 bits per heavy atom. The van der Waals surface area contributed by atoms with Gasteiger partial charge in [-0.15, -0.1) is 0 Å². The Bertz CT molecular complexity index is 464. The molecule has 110 valence electrons. The fourth-order valence-corrected chi connectivity index (χ4v) is 2.52. The topological polar surface area (TPSA) is 41.1 Å². The first-order chi connectivity index (χ1) is 9.49. The number of rotatable bonds is 7. The average molecular weight is 274 g/mol. The number of amides is 1. The summed E-state index contributed by atoms with van der Waals surface area (Å²) in [4.78, 5) is 11.8. The first-order valence-electron chi connectivity index (χ1n) is 7.52. The zero-order valence-corrected chi connectivity index (χ0v) is 12.8. The van der Waals surface area contributed by atoms with E-state index in [2.05, 4.69) is 55.7 Å². The maximum absolute atomic E-state index is 11.8. The van der Waals surface area contributed by atoms with Crippen molar-refractivity contribution in [2.24, 2.45) is 5.92 Å². The fraction of sp³-hybridized carbons (Fsp3) is 0.588. The molecule has 0 aromatic heterocycles. The van der Waals surface area contributed by atoms with Gasteiger partial charge in [-0.1, -0.05) is 38.1 Å². The Hall–Kier alpha value is -1.35. The van der Waals surface area contributed by atoms with Crippen LogP contribution in [-0.2, 0) is 10.2 Å². The predicted molar refractivity (Wildman–Crippen MR) is 82.8 cm³/mol. The van der Waals surface area contributed by atoms with Gasteiger partial charge in [0.15, 0.2) is 0 Å².